The Morgan fingerprint density at radius 2 is 2.00 bits per heavy atom. The van der Waals surface area contributed by atoms with Gasteiger partial charge in [-0.15, -0.1) is 0 Å². The van der Waals surface area contributed by atoms with E-state index < -0.39 is 0 Å². The molecule has 1 aromatic carbocycles. The standard InChI is InChI=1S/C11H16BrNO/c1-3-13-11(8-14-2)9-4-6-10(12)7-5-9/h4-7,11,13H,3,8H2,1-2H3. The van der Waals surface area contributed by atoms with Gasteiger partial charge < -0.3 is 10.1 Å². The van der Waals surface area contributed by atoms with Gasteiger partial charge in [0.25, 0.3) is 0 Å². The Morgan fingerprint density at radius 3 is 2.50 bits per heavy atom. The van der Waals surface area contributed by atoms with Crippen LogP contribution in [0.25, 0.3) is 0 Å². The van der Waals surface area contributed by atoms with E-state index in [0.717, 1.165) is 11.0 Å². The van der Waals surface area contributed by atoms with Crippen molar-refractivity contribution in [2.45, 2.75) is 13.0 Å². The zero-order valence-corrected chi connectivity index (χ0v) is 10.2. The van der Waals surface area contributed by atoms with E-state index in [2.05, 4.69) is 52.4 Å². The van der Waals surface area contributed by atoms with Gasteiger partial charge in [-0.2, -0.15) is 0 Å². The van der Waals surface area contributed by atoms with E-state index in [1.54, 1.807) is 7.11 Å². The fraction of sp³-hybridized carbons (Fsp3) is 0.455. The molecule has 0 aliphatic carbocycles. The van der Waals surface area contributed by atoms with Crippen molar-refractivity contribution < 1.29 is 4.74 Å². The van der Waals surface area contributed by atoms with Crippen LogP contribution in [0.3, 0.4) is 0 Å². The molecular weight excluding hydrogens is 242 g/mol. The average Bonchev–Trinajstić information content (AvgIpc) is 2.19. The molecule has 1 unspecified atom stereocenters. The van der Waals surface area contributed by atoms with E-state index >= 15 is 0 Å². The predicted molar refractivity (Wildman–Crippen MR) is 62.4 cm³/mol. The highest BCUT2D eigenvalue weighted by Gasteiger charge is 2.08. The molecule has 78 valence electrons. The van der Waals surface area contributed by atoms with Crippen LogP contribution in [-0.4, -0.2) is 20.3 Å². The van der Waals surface area contributed by atoms with Gasteiger partial charge in [-0.05, 0) is 24.2 Å². The van der Waals surface area contributed by atoms with E-state index in [1.165, 1.54) is 5.56 Å². The number of nitrogens with one attached hydrogen (secondary N) is 1. The van der Waals surface area contributed by atoms with Gasteiger partial charge in [0.2, 0.25) is 0 Å². The van der Waals surface area contributed by atoms with Crippen molar-refractivity contribution in [1.29, 1.82) is 0 Å². The summed E-state index contributed by atoms with van der Waals surface area (Å²) in [6.07, 6.45) is 0. The van der Waals surface area contributed by atoms with Crippen LogP contribution < -0.4 is 5.32 Å². The summed E-state index contributed by atoms with van der Waals surface area (Å²) < 4.78 is 6.27. The Kier molecular flexibility index (Phi) is 5.15. The van der Waals surface area contributed by atoms with Gasteiger partial charge in [0.15, 0.2) is 0 Å². The zero-order valence-electron chi connectivity index (χ0n) is 8.59. The zero-order chi connectivity index (χ0) is 10.4. The summed E-state index contributed by atoms with van der Waals surface area (Å²) in [7, 11) is 1.73. The molecule has 1 aromatic rings. The number of methoxy groups -OCH3 is 1. The number of rotatable bonds is 5. The quantitative estimate of drug-likeness (QED) is 0.876. The molecule has 0 aliphatic rings. The van der Waals surface area contributed by atoms with Crippen LogP contribution in [0.1, 0.15) is 18.5 Å². The van der Waals surface area contributed by atoms with Gasteiger partial charge >= 0.3 is 0 Å². The van der Waals surface area contributed by atoms with Gasteiger partial charge in [-0.25, -0.2) is 0 Å². The lowest BCUT2D eigenvalue weighted by Gasteiger charge is -2.17. The van der Waals surface area contributed by atoms with Gasteiger partial charge in [0, 0.05) is 11.6 Å². The molecule has 1 N–H and O–H groups in total. The van der Waals surface area contributed by atoms with Crippen LogP contribution in [0.2, 0.25) is 0 Å². The maximum absolute atomic E-state index is 5.17. The second kappa shape index (κ2) is 6.17. The van der Waals surface area contributed by atoms with Crippen molar-refractivity contribution in [2.24, 2.45) is 0 Å². The number of benzene rings is 1. The first kappa shape index (κ1) is 11.7. The summed E-state index contributed by atoms with van der Waals surface area (Å²) in [6, 6.07) is 8.61. The average molecular weight is 258 g/mol. The van der Waals surface area contributed by atoms with Crippen molar-refractivity contribution in [3.05, 3.63) is 34.3 Å². The first-order chi connectivity index (χ1) is 6.77. The van der Waals surface area contributed by atoms with E-state index in [1.807, 2.05) is 0 Å². The van der Waals surface area contributed by atoms with Crippen LogP contribution in [0.5, 0.6) is 0 Å². The molecule has 3 heteroatoms. The van der Waals surface area contributed by atoms with Crippen LogP contribution in [0, 0.1) is 0 Å². The second-order valence-electron chi connectivity index (χ2n) is 3.12. The lowest BCUT2D eigenvalue weighted by atomic mass is 10.1. The van der Waals surface area contributed by atoms with Crippen LogP contribution in [0.4, 0.5) is 0 Å². The number of likely N-dealkylation sites (N-methyl/N-ethyl adjacent to an activating group) is 1. The van der Waals surface area contributed by atoms with Crippen molar-refractivity contribution in [2.75, 3.05) is 20.3 Å². The third-order valence-corrected chi connectivity index (χ3v) is 2.58. The fourth-order valence-electron chi connectivity index (χ4n) is 1.38. The first-order valence-corrected chi connectivity index (χ1v) is 5.55. The molecule has 0 amide bonds. The van der Waals surface area contributed by atoms with Gasteiger partial charge in [0.1, 0.15) is 0 Å². The molecule has 0 aliphatic heterocycles. The minimum Gasteiger partial charge on any atom is -0.383 e. The normalized spacial score (nSPS) is 12.8. The third-order valence-electron chi connectivity index (χ3n) is 2.06. The summed E-state index contributed by atoms with van der Waals surface area (Å²) in [4.78, 5) is 0. The van der Waals surface area contributed by atoms with Gasteiger partial charge in [-0.3, -0.25) is 0 Å². The highest BCUT2D eigenvalue weighted by Crippen LogP contribution is 2.16. The summed E-state index contributed by atoms with van der Waals surface area (Å²) >= 11 is 3.42. The molecule has 1 rings (SSSR count). The topological polar surface area (TPSA) is 21.3 Å². The Bertz CT molecular complexity index is 254. The molecular formula is C11H16BrNO. The monoisotopic (exact) mass is 257 g/mol. The summed E-state index contributed by atoms with van der Waals surface area (Å²) in [6.45, 7) is 3.75. The van der Waals surface area contributed by atoms with Crippen LogP contribution >= 0.6 is 15.9 Å². The Balaban J connectivity index is 2.71. The molecule has 0 heterocycles. The molecule has 0 fully saturated rings. The number of hydrogen-bond acceptors (Lipinski definition) is 2. The highest BCUT2D eigenvalue weighted by atomic mass is 79.9. The SMILES string of the molecule is CCNC(COC)c1ccc(Br)cc1. The lowest BCUT2D eigenvalue weighted by Crippen LogP contribution is -2.24. The van der Waals surface area contributed by atoms with E-state index in [4.69, 9.17) is 4.74 Å². The number of ether oxygens (including phenoxy) is 1. The highest BCUT2D eigenvalue weighted by molar-refractivity contribution is 9.10. The maximum Gasteiger partial charge on any atom is 0.0657 e. The van der Waals surface area contributed by atoms with Crippen molar-refractivity contribution in [1.82, 2.24) is 5.32 Å². The van der Waals surface area contributed by atoms with Crippen molar-refractivity contribution in [3.63, 3.8) is 0 Å². The summed E-state index contributed by atoms with van der Waals surface area (Å²) in [5.41, 5.74) is 1.26. The fourth-order valence-corrected chi connectivity index (χ4v) is 1.65. The van der Waals surface area contributed by atoms with Crippen LogP contribution in [-0.2, 0) is 4.74 Å². The second-order valence-corrected chi connectivity index (χ2v) is 4.03. The molecule has 0 saturated carbocycles. The minimum absolute atomic E-state index is 0.290. The Morgan fingerprint density at radius 1 is 1.36 bits per heavy atom. The Hall–Kier alpha value is -0.380. The minimum atomic E-state index is 0.290. The summed E-state index contributed by atoms with van der Waals surface area (Å²) in [5, 5.41) is 3.38. The molecule has 0 saturated heterocycles. The Labute approximate surface area is 93.8 Å². The maximum atomic E-state index is 5.17. The predicted octanol–water partition coefficient (Wildman–Crippen LogP) is 2.75. The molecule has 0 radical (unpaired) electrons. The molecule has 0 spiro atoms. The van der Waals surface area contributed by atoms with Crippen molar-refractivity contribution in [3.8, 4) is 0 Å². The van der Waals surface area contributed by atoms with Gasteiger partial charge in [-0.1, -0.05) is 35.0 Å². The largest absolute Gasteiger partial charge is 0.383 e. The van der Waals surface area contributed by atoms with Gasteiger partial charge in [0.05, 0.1) is 12.6 Å². The van der Waals surface area contributed by atoms with Crippen LogP contribution in [0.15, 0.2) is 28.7 Å². The first-order valence-electron chi connectivity index (χ1n) is 4.75. The van der Waals surface area contributed by atoms with Crippen molar-refractivity contribution >= 4 is 15.9 Å². The molecule has 0 aromatic heterocycles. The molecule has 1 atom stereocenters. The lowest BCUT2D eigenvalue weighted by molar-refractivity contribution is 0.168. The van der Waals surface area contributed by atoms with E-state index in [0.29, 0.717) is 6.61 Å². The molecule has 2 nitrogen and oxygen atoms in total. The smallest absolute Gasteiger partial charge is 0.0657 e. The van der Waals surface area contributed by atoms with E-state index in [-0.39, 0.29) is 6.04 Å². The number of halogens is 1. The summed E-state index contributed by atoms with van der Waals surface area (Å²) in [5.74, 6) is 0. The molecule has 14 heavy (non-hydrogen) atoms. The third kappa shape index (κ3) is 3.40. The van der Waals surface area contributed by atoms with E-state index in [9.17, 15) is 0 Å². The molecule has 0 bridgehead atoms. The number of hydrogen-bond donors (Lipinski definition) is 1.